The van der Waals surface area contributed by atoms with E-state index in [2.05, 4.69) is 20.4 Å². The van der Waals surface area contributed by atoms with Gasteiger partial charge in [-0.3, -0.25) is 4.79 Å². The van der Waals surface area contributed by atoms with Crippen LogP contribution in [0.15, 0.2) is 47.0 Å². The van der Waals surface area contributed by atoms with Crippen molar-refractivity contribution in [1.82, 2.24) is 10.1 Å². The SMILES string of the molecule is Cc1noc(-c2ccc(C(=O)Nc3cc(Cl)ccc3N3CCCC3)cc2)n1. The molecule has 138 valence electrons. The maximum Gasteiger partial charge on any atom is 0.257 e. The van der Waals surface area contributed by atoms with Crippen molar-refractivity contribution in [3.63, 3.8) is 0 Å². The lowest BCUT2D eigenvalue weighted by Crippen LogP contribution is -2.21. The van der Waals surface area contributed by atoms with Crippen LogP contribution in [0.4, 0.5) is 11.4 Å². The second kappa shape index (κ2) is 7.40. The maximum atomic E-state index is 12.7. The van der Waals surface area contributed by atoms with E-state index in [0.29, 0.717) is 22.3 Å². The van der Waals surface area contributed by atoms with Crippen LogP contribution in [0.1, 0.15) is 29.0 Å². The summed E-state index contributed by atoms with van der Waals surface area (Å²) in [6.07, 6.45) is 2.32. The Morgan fingerprint density at radius 2 is 1.89 bits per heavy atom. The molecule has 1 fully saturated rings. The summed E-state index contributed by atoms with van der Waals surface area (Å²) in [6, 6.07) is 12.7. The number of carbonyl (C=O) groups excluding carboxylic acids is 1. The number of nitrogens with one attached hydrogen (secondary N) is 1. The normalized spacial score (nSPS) is 13.8. The number of rotatable bonds is 4. The molecule has 7 heteroatoms. The largest absolute Gasteiger partial charge is 0.370 e. The Bertz CT molecular complexity index is 962. The Morgan fingerprint density at radius 1 is 1.15 bits per heavy atom. The molecule has 4 rings (SSSR count). The van der Waals surface area contributed by atoms with Crippen LogP contribution >= 0.6 is 11.6 Å². The predicted molar refractivity (Wildman–Crippen MR) is 105 cm³/mol. The van der Waals surface area contributed by atoms with E-state index in [4.69, 9.17) is 16.1 Å². The topological polar surface area (TPSA) is 71.3 Å². The van der Waals surface area contributed by atoms with Crippen LogP contribution in [0.5, 0.6) is 0 Å². The van der Waals surface area contributed by atoms with Gasteiger partial charge < -0.3 is 14.7 Å². The summed E-state index contributed by atoms with van der Waals surface area (Å²) in [5.74, 6) is 0.818. The number of hydrogen-bond donors (Lipinski definition) is 1. The van der Waals surface area contributed by atoms with E-state index in [1.165, 1.54) is 0 Å². The quantitative estimate of drug-likeness (QED) is 0.716. The molecule has 2 aromatic carbocycles. The van der Waals surface area contributed by atoms with E-state index in [9.17, 15) is 4.79 Å². The first-order valence-electron chi connectivity index (χ1n) is 8.87. The third-order valence-electron chi connectivity index (χ3n) is 4.58. The molecule has 0 spiro atoms. The highest BCUT2D eigenvalue weighted by molar-refractivity contribution is 6.31. The van der Waals surface area contributed by atoms with Crippen molar-refractivity contribution in [2.75, 3.05) is 23.3 Å². The van der Waals surface area contributed by atoms with Crippen LogP contribution in [-0.4, -0.2) is 29.1 Å². The molecule has 1 amide bonds. The van der Waals surface area contributed by atoms with Crippen LogP contribution in [-0.2, 0) is 0 Å². The van der Waals surface area contributed by atoms with Crippen molar-refractivity contribution in [2.24, 2.45) is 0 Å². The highest BCUT2D eigenvalue weighted by Gasteiger charge is 2.18. The lowest BCUT2D eigenvalue weighted by molar-refractivity contribution is 0.102. The highest BCUT2D eigenvalue weighted by atomic mass is 35.5. The van der Waals surface area contributed by atoms with Crippen molar-refractivity contribution in [3.05, 3.63) is 58.9 Å². The van der Waals surface area contributed by atoms with Crippen molar-refractivity contribution < 1.29 is 9.32 Å². The molecule has 0 atom stereocenters. The molecule has 0 radical (unpaired) electrons. The molecule has 1 saturated heterocycles. The van der Waals surface area contributed by atoms with E-state index in [1.807, 2.05) is 12.1 Å². The van der Waals surface area contributed by atoms with Gasteiger partial charge in [0.2, 0.25) is 0 Å². The number of amides is 1. The maximum absolute atomic E-state index is 12.7. The third kappa shape index (κ3) is 3.80. The number of aryl methyl sites for hydroxylation is 1. The zero-order valence-electron chi connectivity index (χ0n) is 14.9. The van der Waals surface area contributed by atoms with Crippen LogP contribution in [0.25, 0.3) is 11.5 Å². The molecule has 1 aliphatic rings. The molecule has 0 saturated carbocycles. The lowest BCUT2D eigenvalue weighted by Gasteiger charge is -2.22. The van der Waals surface area contributed by atoms with E-state index in [1.54, 1.807) is 37.3 Å². The van der Waals surface area contributed by atoms with Gasteiger partial charge in [0.15, 0.2) is 5.82 Å². The van der Waals surface area contributed by atoms with E-state index >= 15 is 0 Å². The van der Waals surface area contributed by atoms with Gasteiger partial charge in [-0.15, -0.1) is 0 Å². The molecule has 0 bridgehead atoms. The van der Waals surface area contributed by atoms with Gasteiger partial charge in [-0.05, 0) is 62.2 Å². The monoisotopic (exact) mass is 382 g/mol. The smallest absolute Gasteiger partial charge is 0.257 e. The summed E-state index contributed by atoms with van der Waals surface area (Å²) < 4.78 is 5.15. The van der Waals surface area contributed by atoms with Crippen LogP contribution < -0.4 is 10.2 Å². The molecular weight excluding hydrogens is 364 g/mol. The third-order valence-corrected chi connectivity index (χ3v) is 4.81. The predicted octanol–water partition coefficient (Wildman–Crippen LogP) is 4.55. The first kappa shape index (κ1) is 17.5. The Kier molecular flexibility index (Phi) is 4.81. The Balaban J connectivity index is 1.54. The number of carbonyl (C=O) groups is 1. The summed E-state index contributed by atoms with van der Waals surface area (Å²) >= 11 is 6.15. The Labute approximate surface area is 162 Å². The average molecular weight is 383 g/mol. The van der Waals surface area contributed by atoms with Gasteiger partial charge in [-0.25, -0.2) is 0 Å². The molecule has 3 aromatic rings. The van der Waals surface area contributed by atoms with E-state index < -0.39 is 0 Å². The molecule has 1 aromatic heterocycles. The molecule has 1 N–H and O–H groups in total. The highest BCUT2D eigenvalue weighted by Crippen LogP contribution is 2.32. The first-order chi connectivity index (χ1) is 13.1. The second-order valence-corrected chi connectivity index (χ2v) is 6.97. The molecule has 0 aliphatic carbocycles. The number of benzene rings is 2. The van der Waals surface area contributed by atoms with Gasteiger partial charge in [0.05, 0.1) is 11.4 Å². The average Bonchev–Trinajstić information content (AvgIpc) is 3.34. The van der Waals surface area contributed by atoms with E-state index in [-0.39, 0.29) is 5.91 Å². The van der Waals surface area contributed by atoms with Crippen molar-refractivity contribution in [2.45, 2.75) is 19.8 Å². The van der Waals surface area contributed by atoms with Crippen LogP contribution in [0, 0.1) is 6.92 Å². The van der Waals surface area contributed by atoms with Gasteiger partial charge in [0, 0.05) is 29.2 Å². The number of anilines is 2. The zero-order valence-corrected chi connectivity index (χ0v) is 15.7. The van der Waals surface area contributed by atoms with Crippen LogP contribution in [0.2, 0.25) is 5.02 Å². The minimum absolute atomic E-state index is 0.189. The van der Waals surface area contributed by atoms with Gasteiger partial charge in [-0.2, -0.15) is 4.98 Å². The fourth-order valence-corrected chi connectivity index (χ4v) is 3.39. The molecule has 2 heterocycles. The molecule has 6 nitrogen and oxygen atoms in total. The number of nitrogens with zero attached hydrogens (tertiary/aromatic N) is 3. The Hall–Kier alpha value is -2.86. The standard InChI is InChI=1S/C20H19ClN4O2/c1-13-22-20(27-24-13)15-6-4-14(5-7-15)19(26)23-17-12-16(21)8-9-18(17)25-10-2-3-11-25/h4-9,12H,2-3,10-11H2,1H3,(H,23,26). The number of hydrogen-bond acceptors (Lipinski definition) is 5. The molecular formula is C20H19ClN4O2. The molecule has 0 unspecified atom stereocenters. The number of halogens is 1. The second-order valence-electron chi connectivity index (χ2n) is 6.53. The van der Waals surface area contributed by atoms with Crippen molar-refractivity contribution in [3.8, 4) is 11.5 Å². The molecule has 27 heavy (non-hydrogen) atoms. The van der Waals surface area contributed by atoms with Crippen LogP contribution in [0.3, 0.4) is 0 Å². The zero-order chi connectivity index (χ0) is 18.8. The minimum Gasteiger partial charge on any atom is -0.370 e. The van der Waals surface area contributed by atoms with Gasteiger partial charge in [-0.1, -0.05) is 16.8 Å². The Morgan fingerprint density at radius 3 is 2.56 bits per heavy atom. The lowest BCUT2D eigenvalue weighted by atomic mass is 10.1. The summed E-state index contributed by atoms with van der Waals surface area (Å²) in [4.78, 5) is 19.2. The molecule has 1 aliphatic heterocycles. The summed E-state index contributed by atoms with van der Waals surface area (Å²) in [5, 5.41) is 7.36. The van der Waals surface area contributed by atoms with Gasteiger partial charge in [0.25, 0.3) is 11.8 Å². The minimum atomic E-state index is -0.189. The first-order valence-corrected chi connectivity index (χ1v) is 9.24. The summed E-state index contributed by atoms with van der Waals surface area (Å²) in [5.41, 5.74) is 3.05. The summed E-state index contributed by atoms with van der Waals surface area (Å²) in [6.45, 7) is 3.74. The van der Waals surface area contributed by atoms with Crippen molar-refractivity contribution >= 4 is 28.9 Å². The van der Waals surface area contributed by atoms with Gasteiger partial charge >= 0.3 is 0 Å². The fraction of sp³-hybridized carbons (Fsp3) is 0.250. The summed E-state index contributed by atoms with van der Waals surface area (Å²) in [7, 11) is 0. The van der Waals surface area contributed by atoms with Gasteiger partial charge in [0.1, 0.15) is 0 Å². The van der Waals surface area contributed by atoms with E-state index in [0.717, 1.165) is 42.9 Å². The number of aromatic nitrogens is 2. The fourth-order valence-electron chi connectivity index (χ4n) is 3.22. The van der Waals surface area contributed by atoms with Crippen molar-refractivity contribution in [1.29, 1.82) is 0 Å².